The molecule has 3 aliphatic heterocycles. The molecule has 0 unspecified atom stereocenters. The summed E-state index contributed by atoms with van der Waals surface area (Å²) in [5.74, 6) is -0.146. The average Bonchev–Trinajstić information content (AvgIpc) is 3.55. The molecule has 162 valence electrons. The Morgan fingerprint density at radius 1 is 0.906 bits per heavy atom. The number of halogens is 2. The van der Waals surface area contributed by atoms with Gasteiger partial charge in [-0.1, -0.05) is 34.4 Å². The first-order chi connectivity index (χ1) is 15.5. The number of carbonyl (C=O) groups excluding carboxylic acids is 2. The molecule has 1 saturated heterocycles. The second-order valence-electron chi connectivity index (χ2n) is 8.86. The van der Waals surface area contributed by atoms with Gasteiger partial charge in [-0.3, -0.25) is 9.59 Å². The van der Waals surface area contributed by atoms with Crippen LogP contribution in [0, 0.1) is 29.6 Å². The van der Waals surface area contributed by atoms with E-state index in [1.54, 1.807) is 30.3 Å². The highest BCUT2D eigenvalue weighted by Crippen LogP contribution is 2.62. The van der Waals surface area contributed by atoms with Crippen LogP contribution in [0.5, 0.6) is 11.5 Å². The number of hydrogen-bond acceptors (Lipinski definition) is 6. The molecule has 5 aliphatic rings. The van der Waals surface area contributed by atoms with Crippen LogP contribution in [0.1, 0.15) is 12.0 Å². The molecule has 7 nitrogen and oxygen atoms in total. The molecule has 6 atom stereocenters. The maximum absolute atomic E-state index is 13.5. The van der Waals surface area contributed by atoms with Gasteiger partial charge in [0, 0.05) is 28.5 Å². The van der Waals surface area contributed by atoms with Gasteiger partial charge in [0.1, 0.15) is 6.10 Å². The summed E-state index contributed by atoms with van der Waals surface area (Å²) in [6.07, 6.45) is 0.540. The summed E-state index contributed by atoms with van der Waals surface area (Å²) in [5.41, 5.74) is 2.01. The van der Waals surface area contributed by atoms with E-state index < -0.39 is 11.8 Å². The van der Waals surface area contributed by atoms with Gasteiger partial charge in [-0.25, -0.2) is 4.90 Å². The van der Waals surface area contributed by atoms with Crippen molar-refractivity contribution in [2.45, 2.75) is 12.5 Å². The Hall–Kier alpha value is -2.77. The minimum absolute atomic E-state index is 0.0292. The van der Waals surface area contributed by atoms with Crippen molar-refractivity contribution in [1.29, 1.82) is 0 Å². The fourth-order valence-electron chi connectivity index (χ4n) is 6.32. The Bertz CT molecular complexity index is 1250. The zero-order valence-corrected chi connectivity index (χ0v) is 18.0. The first-order valence-corrected chi connectivity index (χ1v) is 11.2. The normalized spacial score (nSPS) is 33.4. The van der Waals surface area contributed by atoms with Crippen LogP contribution in [-0.2, 0) is 14.4 Å². The van der Waals surface area contributed by atoms with Crippen LogP contribution in [-0.4, -0.2) is 30.4 Å². The Kier molecular flexibility index (Phi) is 3.75. The average molecular weight is 471 g/mol. The number of nitrogens with zero attached hydrogens (tertiary/aromatic N) is 2. The van der Waals surface area contributed by atoms with E-state index in [4.69, 9.17) is 37.5 Å². The highest BCUT2D eigenvalue weighted by Gasteiger charge is 2.70. The quantitative estimate of drug-likeness (QED) is 0.622. The number of ether oxygens (including phenoxy) is 2. The number of amides is 2. The van der Waals surface area contributed by atoms with E-state index in [0.29, 0.717) is 27.2 Å². The topological polar surface area (TPSA) is 77.4 Å². The molecule has 2 amide bonds. The van der Waals surface area contributed by atoms with E-state index in [1.807, 2.05) is 6.07 Å². The smallest absolute Gasteiger partial charge is 0.238 e. The van der Waals surface area contributed by atoms with Gasteiger partial charge < -0.3 is 14.3 Å². The Balaban J connectivity index is 1.24. The lowest BCUT2D eigenvalue weighted by atomic mass is 9.71. The van der Waals surface area contributed by atoms with E-state index in [0.717, 1.165) is 17.7 Å². The molecule has 3 heterocycles. The van der Waals surface area contributed by atoms with Crippen LogP contribution in [0.3, 0.4) is 0 Å². The van der Waals surface area contributed by atoms with Crippen molar-refractivity contribution in [2.75, 3.05) is 11.7 Å². The van der Waals surface area contributed by atoms with E-state index in [1.165, 1.54) is 4.90 Å². The van der Waals surface area contributed by atoms with Gasteiger partial charge in [-0.05, 0) is 36.6 Å². The van der Waals surface area contributed by atoms with Crippen molar-refractivity contribution in [3.8, 4) is 11.5 Å². The van der Waals surface area contributed by atoms with Crippen LogP contribution < -0.4 is 14.4 Å². The van der Waals surface area contributed by atoms with Crippen molar-refractivity contribution in [3.05, 3.63) is 52.0 Å². The monoisotopic (exact) mass is 470 g/mol. The first kappa shape index (κ1) is 18.8. The van der Waals surface area contributed by atoms with Gasteiger partial charge in [0.2, 0.25) is 18.6 Å². The third kappa shape index (κ3) is 2.30. The van der Waals surface area contributed by atoms with Crippen molar-refractivity contribution in [2.24, 2.45) is 34.7 Å². The molecule has 2 aromatic rings. The lowest BCUT2D eigenvalue weighted by Gasteiger charge is -2.30. The largest absolute Gasteiger partial charge is 0.454 e. The zero-order valence-electron chi connectivity index (χ0n) is 16.5. The minimum atomic E-state index is -0.394. The van der Waals surface area contributed by atoms with Gasteiger partial charge in [-0.2, -0.15) is 0 Å². The lowest BCUT2D eigenvalue weighted by Crippen LogP contribution is -2.41. The van der Waals surface area contributed by atoms with Gasteiger partial charge in [0.05, 0.1) is 28.3 Å². The van der Waals surface area contributed by atoms with E-state index >= 15 is 0 Å². The summed E-state index contributed by atoms with van der Waals surface area (Å²) in [4.78, 5) is 34.1. The molecule has 7 rings (SSSR count). The number of rotatable bonds is 2. The number of carbonyl (C=O) groups is 2. The molecule has 2 aromatic carbocycles. The van der Waals surface area contributed by atoms with Crippen LogP contribution in [0.15, 0.2) is 41.6 Å². The predicted octanol–water partition coefficient (Wildman–Crippen LogP) is 3.90. The third-order valence-electron chi connectivity index (χ3n) is 7.51. The highest BCUT2D eigenvalue weighted by molar-refractivity contribution is 6.37. The minimum Gasteiger partial charge on any atom is -0.454 e. The molecular weight excluding hydrogens is 455 g/mol. The van der Waals surface area contributed by atoms with E-state index in [-0.39, 0.29) is 42.5 Å². The summed E-state index contributed by atoms with van der Waals surface area (Å²) in [7, 11) is 0. The van der Waals surface area contributed by atoms with Gasteiger partial charge >= 0.3 is 0 Å². The molecular formula is C23H16Cl2N2O5. The second kappa shape index (κ2) is 6.39. The molecule has 32 heavy (non-hydrogen) atoms. The van der Waals surface area contributed by atoms with Crippen molar-refractivity contribution < 1.29 is 23.9 Å². The van der Waals surface area contributed by atoms with Gasteiger partial charge in [0.25, 0.3) is 0 Å². The Labute approximate surface area is 192 Å². The number of anilines is 1. The molecule has 9 heteroatoms. The predicted molar refractivity (Wildman–Crippen MR) is 115 cm³/mol. The SMILES string of the molecule is O=C1[C@@H]2[C@@H]3C[C@@H]([C@H]4ON=C(c5ccc(Cl)cc5Cl)[C@@H]34)[C@@H]2C(=O)N1c1ccc2c(c1)OCO2. The summed E-state index contributed by atoms with van der Waals surface area (Å²) in [6, 6.07) is 10.4. The Morgan fingerprint density at radius 2 is 1.69 bits per heavy atom. The maximum atomic E-state index is 13.5. The van der Waals surface area contributed by atoms with Crippen molar-refractivity contribution in [1.82, 2.24) is 0 Å². The summed E-state index contributed by atoms with van der Waals surface area (Å²) < 4.78 is 10.8. The molecule has 2 aliphatic carbocycles. The number of oxime groups is 1. The number of hydrogen-bond donors (Lipinski definition) is 0. The number of fused-ring (bicyclic) bond motifs is 9. The third-order valence-corrected chi connectivity index (χ3v) is 8.06. The van der Waals surface area contributed by atoms with Crippen molar-refractivity contribution in [3.63, 3.8) is 0 Å². The van der Waals surface area contributed by atoms with E-state index in [2.05, 4.69) is 5.16 Å². The van der Waals surface area contributed by atoms with Crippen molar-refractivity contribution >= 4 is 46.4 Å². The van der Waals surface area contributed by atoms with Crippen LogP contribution in [0.2, 0.25) is 10.0 Å². The standard InChI is InChI=1S/C23H16Cl2N2O5/c24-9-1-3-11(14(25)5-9)20-19-12-7-13(21(19)32-26-20)18-17(12)22(28)27(23(18)29)10-2-4-15-16(6-10)31-8-30-15/h1-6,12-13,17-19,21H,7-8H2/t12-,13+,17+,18-,19+,21+/m0/s1. The van der Waals surface area contributed by atoms with Crippen LogP contribution >= 0.6 is 23.2 Å². The fourth-order valence-corrected chi connectivity index (χ4v) is 6.83. The summed E-state index contributed by atoms with van der Waals surface area (Å²) in [6.45, 7) is 0.131. The fraction of sp³-hybridized carbons (Fsp3) is 0.348. The lowest BCUT2D eigenvalue weighted by molar-refractivity contribution is -0.125. The van der Waals surface area contributed by atoms with Gasteiger partial charge in [0.15, 0.2) is 11.5 Å². The Morgan fingerprint density at radius 3 is 2.50 bits per heavy atom. The number of imide groups is 1. The van der Waals surface area contributed by atoms with Gasteiger partial charge in [-0.15, -0.1) is 0 Å². The highest BCUT2D eigenvalue weighted by atomic mass is 35.5. The van der Waals surface area contributed by atoms with Crippen LogP contribution in [0.25, 0.3) is 0 Å². The summed E-state index contributed by atoms with van der Waals surface area (Å²) in [5, 5.41) is 5.37. The first-order valence-electron chi connectivity index (χ1n) is 10.5. The molecule has 0 spiro atoms. The number of benzene rings is 2. The van der Waals surface area contributed by atoms with E-state index in [9.17, 15) is 9.59 Å². The zero-order chi connectivity index (χ0) is 21.7. The van der Waals surface area contributed by atoms with Crippen LogP contribution in [0.4, 0.5) is 5.69 Å². The maximum Gasteiger partial charge on any atom is 0.238 e. The molecule has 2 saturated carbocycles. The molecule has 3 fully saturated rings. The second-order valence-corrected chi connectivity index (χ2v) is 9.70. The molecule has 0 aromatic heterocycles. The summed E-state index contributed by atoms with van der Waals surface area (Å²) >= 11 is 12.5. The molecule has 0 N–H and O–H groups in total. The molecule has 2 bridgehead atoms. The molecule has 0 radical (unpaired) electrons.